The molecule has 0 saturated heterocycles. The van der Waals surface area contributed by atoms with Crippen LogP contribution in [0, 0.1) is 0 Å². The van der Waals surface area contributed by atoms with Crippen LogP contribution in [0.1, 0.15) is 74.2 Å². The Bertz CT molecular complexity index is 1380. The van der Waals surface area contributed by atoms with Crippen molar-refractivity contribution in [3.05, 3.63) is 113 Å². The molecule has 3 N–H and O–H groups in total. The number of hydrogen-bond donors (Lipinski definition) is 3. The van der Waals surface area contributed by atoms with Gasteiger partial charge in [-0.2, -0.15) is 0 Å². The topological polar surface area (TPSA) is 77.3 Å². The molecule has 2 heterocycles. The van der Waals surface area contributed by atoms with Crippen LogP contribution in [0.15, 0.2) is 85.5 Å². The number of carbonyl (C=O) groups is 1. The van der Waals surface area contributed by atoms with Crippen molar-refractivity contribution in [1.82, 2.24) is 0 Å². The molecule has 0 unspecified atom stereocenters. The number of aromatic nitrogens is 2. The van der Waals surface area contributed by atoms with Gasteiger partial charge in [-0.15, -0.1) is 0 Å². The van der Waals surface area contributed by atoms with Crippen molar-refractivity contribution >= 4 is 11.6 Å². The number of amides is 1. The van der Waals surface area contributed by atoms with Gasteiger partial charge >= 0.3 is 0 Å². The molecule has 39 heavy (non-hydrogen) atoms. The van der Waals surface area contributed by atoms with E-state index in [1.807, 2.05) is 12.1 Å². The smallest absolute Gasteiger partial charge is 0.255 e. The molecule has 2 aromatic carbocycles. The molecule has 4 rings (SSSR count). The summed E-state index contributed by atoms with van der Waals surface area (Å²) >= 11 is 0. The SMILES string of the molecule is CC(C)(C)c1cc[n+](Cc2cc(C[n+]3ccc(C(C)(C)C)cc3)cc(NC(=O)c3ccc(O)c(O)c3)c2)cc1. The lowest BCUT2D eigenvalue weighted by Gasteiger charge is -2.17. The van der Waals surface area contributed by atoms with E-state index in [2.05, 4.69) is 111 Å². The quantitative estimate of drug-likeness (QED) is 0.226. The van der Waals surface area contributed by atoms with E-state index in [-0.39, 0.29) is 33.8 Å². The van der Waals surface area contributed by atoms with E-state index in [1.54, 1.807) is 0 Å². The number of phenolic OH excluding ortho intramolecular Hbond substituents is 2. The molecule has 0 radical (unpaired) electrons. The van der Waals surface area contributed by atoms with Crippen LogP contribution in [0.4, 0.5) is 5.69 Å². The number of hydrogen-bond acceptors (Lipinski definition) is 3. The summed E-state index contributed by atoms with van der Waals surface area (Å²) in [7, 11) is 0. The number of anilines is 1. The summed E-state index contributed by atoms with van der Waals surface area (Å²) in [5.74, 6) is -0.958. The standard InChI is InChI=1S/C33H37N3O3/c1-32(2,3)26-9-13-35(14-10-26)21-23-17-24(22-36-15-11-27(12-16-36)33(4,5)6)19-28(18-23)34-31(39)25-7-8-29(37)30(38)20-25/h7-20H,21-22H2,1-6H3,(H-2,34,37,38,39)/p+2. The minimum atomic E-state index is -0.363. The second kappa shape index (κ2) is 10.9. The first-order valence-corrected chi connectivity index (χ1v) is 13.2. The summed E-state index contributed by atoms with van der Waals surface area (Å²) in [5.41, 5.74) is 5.74. The number of aromatic hydroxyl groups is 2. The Labute approximate surface area is 231 Å². The molecule has 4 aromatic rings. The number of phenols is 2. The highest BCUT2D eigenvalue weighted by molar-refractivity contribution is 6.04. The molecule has 0 aliphatic carbocycles. The van der Waals surface area contributed by atoms with Crippen LogP contribution in [0.5, 0.6) is 11.5 Å². The molecule has 0 spiro atoms. The zero-order valence-electron chi connectivity index (χ0n) is 23.7. The maximum Gasteiger partial charge on any atom is 0.255 e. The van der Waals surface area contributed by atoms with Gasteiger partial charge in [0, 0.05) is 46.6 Å². The van der Waals surface area contributed by atoms with Crippen LogP contribution in [0.25, 0.3) is 0 Å². The summed E-state index contributed by atoms with van der Waals surface area (Å²) in [4.78, 5) is 13.0. The fourth-order valence-corrected chi connectivity index (χ4v) is 4.43. The monoisotopic (exact) mass is 525 g/mol. The summed E-state index contributed by atoms with van der Waals surface area (Å²) in [5, 5.41) is 22.4. The van der Waals surface area contributed by atoms with Gasteiger partial charge < -0.3 is 15.5 Å². The molecular weight excluding hydrogens is 486 g/mol. The Morgan fingerprint density at radius 3 is 1.54 bits per heavy atom. The minimum Gasteiger partial charge on any atom is -0.504 e. The largest absolute Gasteiger partial charge is 0.504 e. The van der Waals surface area contributed by atoms with Crippen LogP contribution >= 0.6 is 0 Å². The maximum absolute atomic E-state index is 13.0. The molecule has 0 aliphatic rings. The van der Waals surface area contributed by atoms with Crippen molar-refractivity contribution in [2.75, 3.05) is 5.32 Å². The maximum atomic E-state index is 13.0. The molecular formula is C33H39N3O3+2. The third-order valence-corrected chi connectivity index (χ3v) is 6.79. The molecule has 0 atom stereocenters. The van der Waals surface area contributed by atoms with E-state index in [4.69, 9.17) is 0 Å². The van der Waals surface area contributed by atoms with Crippen LogP contribution in [-0.2, 0) is 23.9 Å². The zero-order valence-corrected chi connectivity index (χ0v) is 23.7. The molecule has 0 aliphatic heterocycles. The normalized spacial score (nSPS) is 11.8. The first kappa shape index (κ1) is 27.8. The van der Waals surface area contributed by atoms with Crippen LogP contribution in [-0.4, -0.2) is 16.1 Å². The average Bonchev–Trinajstić information content (AvgIpc) is 2.85. The summed E-state index contributed by atoms with van der Waals surface area (Å²) in [6.07, 6.45) is 8.35. The van der Waals surface area contributed by atoms with Crippen molar-refractivity contribution in [3.8, 4) is 11.5 Å². The Morgan fingerprint density at radius 2 is 1.13 bits per heavy atom. The third kappa shape index (κ3) is 7.23. The van der Waals surface area contributed by atoms with Gasteiger partial charge in [-0.25, -0.2) is 9.13 Å². The van der Waals surface area contributed by atoms with E-state index in [1.165, 1.54) is 29.3 Å². The lowest BCUT2D eigenvalue weighted by molar-refractivity contribution is -0.689. The molecule has 2 aromatic heterocycles. The molecule has 6 heteroatoms. The molecule has 0 fully saturated rings. The van der Waals surface area contributed by atoms with Gasteiger partial charge in [-0.05, 0) is 58.4 Å². The van der Waals surface area contributed by atoms with Crippen molar-refractivity contribution in [1.29, 1.82) is 0 Å². The molecule has 1 amide bonds. The molecule has 0 bridgehead atoms. The van der Waals surface area contributed by atoms with Gasteiger partial charge in [0.15, 0.2) is 49.4 Å². The molecule has 0 saturated carbocycles. The second-order valence-electron chi connectivity index (χ2n) is 12.2. The Morgan fingerprint density at radius 1 is 0.667 bits per heavy atom. The fraction of sp³-hybridized carbons (Fsp3) is 0.303. The van der Waals surface area contributed by atoms with Gasteiger partial charge in [0.05, 0.1) is 0 Å². The van der Waals surface area contributed by atoms with Crippen molar-refractivity contribution in [3.63, 3.8) is 0 Å². The first-order chi connectivity index (χ1) is 18.3. The minimum absolute atomic E-state index is 0.0822. The van der Waals surface area contributed by atoms with Gasteiger partial charge in [0.25, 0.3) is 5.91 Å². The van der Waals surface area contributed by atoms with Gasteiger partial charge in [-0.1, -0.05) is 41.5 Å². The van der Waals surface area contributed by atoms with Gasteiger partial charge in [-0.3, -0.25) is 4.79 Å². The van der Waals surface area contributed by atoms with Crippen LogP contribution < -0.4 is 14.5 Å². The fourth-order valence-electron chi connectivity index (χ4n) is 4.43. The highest BCUT2D eigenvalue weighted by Gasteiger charge is 2.18. The highest BCUT2D eigenvalue weighted by atomic mass is 16.3. The number of carbonyl (C=O) groups excluding carboxylic acids is 1. The van der Waals surface area contributed by atoms with Crippen LogP contribution in [0.3, 0.4) is 0 Å². The summed E-state index contributed by atoms with van der Waals surface area (Å²) in [6, 6.07) is 18.8. The van der Waals surface area contributed by atoms with E-state index >= 15 is 0 Å². The predicted octanol–water partition coefficient (Wildman–Crippen LogP) is 5.62. The van der Waals surface area contributed by atoms with E-state index < -0.39 is 0 Å². The van der Waals surface area contributed by atoms with E-state index in [0.29, 0.717) is 18.8 Å². The van der Waals surface area contributed by atoms with E-state index in [0.717, 1.165) is 11.1 Å². The number of benzene rings is 2. The van der Waals surface area contributed by atoms with Crippen LogP contribution in [0.2, 0.25) is 0 Å². The highest BCUT2D eigenvalue weighted by Crippen LogP contribution is 2.26. The van der Waals surface area contributed by atoms with Gasteiger partial charge in [0.2, 0.25) is 0 Å². The van der Waals surface area contributed by atoms with Crippen molar-refractivity contribution in [2.45, 2.75) is 65.5 Å². The Balaban J connectivity index is 1.63. The number of nitrogens with zero attached hydrogens (tertiary/aromatic N) is 2. The third-order valence-electron chi connectivity index (χ3n) is 6.79. The second-order valence-corrected chi connectivity index (χ2v) is 12.2. The Hall–Kier alpha value is -4.19. The summed E-state index contributed by atoms with van der Waals surface area (Å²) in [6.45, 7) is 14.5. The van der Waals surface area contributed by atoms with Gasteiger partial charge in [0.1, 0.15) is 0 Å². The lowest BCUT2D eigenvalue weighted by atomic mass is 9.88. The van der Waals surface area contributed by atoms with Crippen molar-refractivity contribution in [2.24, 2.45) is 0 Å². The average molecular weight is 526 g/mol. The lowest BCUT2D eigenvalue weighted by Crippen LogP contribution is -2.35. The number of nitrogens with one attached hydrogen (secondary N) is 1. The Kier molecular flexibility index (Phi) is 7.77. The van der Waals surface area contributed by atoms with Crippen molar-refractivity contribution < 1.29 is 24.1 Å². The predicted molar refractivity (Wildman–Crippen MR) is 153 cm³/mol. The number of pyridine rings is 2. The molecule has 6 nitrogen and oxygen atoms in total. The first-order valence-electron chi connectivity index (χ1n) is 13.2. The summed E-state index contributed by atoms with van der Waals surface area (Å²) < 4.78 is 4.26. The zero-order chi connectivity index (χ0) is 28.4. The number of rotatable bonds is 6. The van der Waals surface area contributed by atoms with E-state index in [9.17, 15) is 15.0 Å². The molecule has 202 valence electrons.